The summed E-state index contributed by atoms with van der Waals surface area (Å²) in [6.07, 6.45) is 1.87. The van der Waals surface area contributed by atoms with E-state index >= 15 is 0 Å². The van der Waals surface area contributed by atoms with E-state index in [0.717, 1.165) is 12.8 Å². The van der Waals surface area contributed by atoms with Crippen LogP contribution in [-0.4, -0.2) is 11.6 Å². The maximum Gasteiger partial charge on any atom is 0.309 e. The first-order valence-corrected chi connectivity index (χ1v) is 5.57. The first-order valence-electron chi connectivity index (χ1n) is 5.57. The fourth-order valence-electron chi connectivity index (χ4n) is 1.02. The van der Waals surface area contributed by atoms with Gasteiger partial charge in [-0.1, -0.05) is 34.1 Å². The number of rotatable bonds is 5. The molecule has 2 nitrogen and oxygen atoms in total. The normalized spacial score (nSPS) is 16.1. The van der Waals surface area contributed by atoms with Gasteiger partial charge in [-0.25, -0.2) is 0 Å². The molecule has 0 rings (SSSR count). The first-order chi connectivity index (χ1) is 6.34. The molecule has 0 fully saturated rings. The van der Waals surface area contributed by atoms with Gasteiger partial charge in [0.1, 0.15) is 5.60 Å². The number of ether oxygens (including phenoxy) is 1. The van der Waals surface area contributed by atoms with Crippen LogP contribution in [0, 0.1) is 11.8 Å². The Morgan fingerprint density at radius 2 is 1.79 bits per heavy atom. The van der Waals surface area contributed by atoms with Crippen molar-refractivity contribution >= 4 is 5.97 Å². The van der Waals surface area contributed by atoms with E-state index in [0.29, 0.717) is 5.92 Å². The summed E-state index contributed by atoms with van der Waals surface area (Å²) < 4.78 is 5.43. The zero-order valence-corrected chi connectivity index (χ0v) is 10.4. The third kappa shape index (κ3) is 4.12. The topological polar surface area (TPSA) is 26.3 Å². The summed E-state index contributed by atoms with van der Waals surface area (Å²) in [7, 11) is 0. The van der Waals surface area contributed by atoms with Gasteiger partial charge in [0.15, 0.2) is 0 Å². The molecule has 0 N–H and O–H groups in total. The minimum atomic E-state index is -0.321. The Morgan fingerprint density at radius 1 is 1.29 bits per heavy atom. The molecule has 2 atom stereocenters. The highest BCUT2D eigenvalue weighted by Gasteiger charge is 2.26. The molecule has 0 spiro atoms. The van der Waals surface area contributed by atoms with Crippen LogP contribution in [-0.2, 0) is 9.53 Å². The molecule has 0 aliphatic rings. The van der Waals surface area contributed by atoms with Gasteiger partial charge in [0.25, 0.3) is 0 Å². The number of hydrogen-bond acceptors (Lipinski definition) is 2. The van der Waals surface area contributed by atoms with Crippen LogP contribution in [0.3, 0.4) is 0 Å². The van der Waals surface area contributed by atoms with Crippen molar-refractivity contribution in [2.75, 3.05) is 0 Å². The smallest absolute Gasteiger partial charge is 0.309 e. The summed E-state index contributed by atoms with van der Waals surface area (Å²) in [4.78, 5) is 11.7. The summed E-state index contributed by atoms with van der Waals surface area (Å²) in [6.45, 7) is 12.1. The van der Waals surface area contributed by atoms with E-state index in [-0.39, 0.29) is 17.5 Å². The Hall–Kier alpha value is -0.530. The highest BCUT2D eigenvalue weighted by atomic mass is 16.6. The van der Waals surface area contributed by atoms with Gasteiger partial charge >= 0.3 is 5.97 Å². The van der Waals surface area contributed by atoms with Crippen LogP contribution in [0.4, 0.5) is 0 Å². The van der Waals surface area contributed by atoms with E-state index in [1.165, 1.54) is 0 Å². The number of hydrogen-bond donors (Lipinski definition) is 0. The predicted molar refractivity (Wildman–Crippen MR) is 59.1 cm³/mol. The van der Waals surface area contributed by atoms with Gasteiger partial charge in [0.05, 0.1) is 5.92 Å². The van der Waals surface area contributed by atoms with E-state index in [4.69, 9.17) is 4.74 Å². The third-order valence-corrected chi connectivity index (χ3v) is 3.10. The molecular weight excluding hydrogens is 176 g/mol. The van der Waals surface area contributed by atoms with Crippen LogP contribution in [0.15, 0.2) is 0 Å². The molecule has 1 unspecified atom stereocenters. The fraction of sp³-hybridized carbons (Fsp3) is 0.917. The molecule has 0 aliphatic heterocycles. The van der Waals surface area contributed by atoms with Crippen molar-refractivity contribution < 1.29 is 9.53 Å². The van der Waals surface area contributed by atoms with Gasteiger partial charge in [0, 0.05) is 0 Å². The maximum atomic E-state index is 11.7. The van der Waals surface area contributed by atoms with E-state index < -0.39 is 0 Å². The van der Waals surface area contributed by atoms with Gasteiger partial charge in [-0.2, -0.15) is 0 Å². The van der Waals surface area contributed by atoms with Crippen LogP contribution in [0.5, 0.6) is 0 Å². The molecule has 14 heavy (non-hydrogen) atoms. The molecule has 0 saturated carbocycles. The van der Waals surface area contributed by atoms with E-state index in [9.17, 15) is 4.79 Å². The van der Waals surface area contributed by atoms with Crippen molar-refractivity contribution in [3.05, 3.63) is 0 Å². The lowest BCUT2D eigenvalue weighted by Crippen LogP contribution is -2.32. The van der Waals surface area contributed by atoms with Crippen LogP contribution in [0.1, 0.15) is 54.4 Å². The number of esters is 1. The predicted octanol–water partition coefficient (Wildman–Crippen LogP) is 3.40. The Bertz CT molecular complexity index is 185. The number of carbonyl (C=O) groups is 1. The molecule has 0 saturated heterocycles. The second-order valence-corrected chi connectivity index (χ2v) is 4.71. The molecule has 0 radical (unpaired) electrons. The third-order valence-electron chi connectivity index (χ3n) is 3.10. The highest BCUT2D eigenvalue weighted by Crippen LogP contribution is 2.21. The molecule has 0 aromatic rings. The summed E-state index contributed by atoms with van der Waals surface area (Å²) in [5.41, 5.74) is -0.321. The van der Waals surface area contributed by atoms with Crippen LogP contribution in [0.25, 0.3) is 0 Å². The summed E-state index contributed by atoms with van der Waals surface area (Å²) in [6, 6.07) is 0. The second-order valence-electron chi connectivity index (χ2n) is 4.71. The average molecular weight is 200 g/mol. The van der Waals surface area contributed by atoms with Gasteiger partial charge in [0.2, 0.25) is 0 Å². The minimum Gasteiger partial charge on any atom is -0.459 e. The molecule has 0 aromatic carbocycles. The Labute approximate surface area is 88.0 Å². The first kappa shape index (κ1) is 13.5. The monoisotopic (exact) mass is 200 g/mol. The maximum absolute atomic E-state index is 11.7. The van der Waals surface area contributed by atoms with Gasteiger partial charge < -0.3 is 4.74 Å². The summed E-state index contributed by atoms with van der Waals surface area (Å²) in [5, 5.41) is 0. The van der Waals surface area contributed by atoms with Gasteiger partial charge in [-0.15, -0.1) is 0 Å². The highest BCUT2D eigenvalue weighted by molar-refractivity contribution is 5.72. The lowest BCUT2D eigenvalue weighted by Gasteiger charge is -2.27. The molecule has 84 valence electrons. The molecule has 0 heterocycles. The van der Waals surface area contributed by atoms with Crippen LogP contribution in [0.2, 0.25) is 0 Å². The average Bonchev–Trinajstić information content (AvgIpc) is 2.14. The lowest BCUT2D eigenvalue weighted by molar-refractivity contribution is -0.163. The zero-order valence-electron chi connectivity index (χ0n) is 10.4. The molecule has 0 aliphatic carbocycles. The Kier molecular flexibility index (Phi) is 5.17. The van der Waals surface area contributed by atoms with Crippen LogP contribution < -0.4 is 0 Å². The lowest BCUT2D eigenvalue weighted by atomic mass is 9.93. The largest absolute Gasteiger partial charge is 0.459 e. The standard InChI is InChI=1S/C12H24O2/c1-7-9(3)10(4)11(13)14-12(5,6)8-2/h9-10H,7-8H2,1-6H3/t9?,10-/m1/s1. The Balaban J connectivity index is 4.21. The van der Waals surface area contributed by atoms with Gasteiger partial charge in [-0.3, -0.25) is 4.79 Å². The van der Waals surface area contributed by atoms with Crippen molar-refractivity contribution in [3.63, 3.8) is 0 Å². The van der Waals surface area contributed by atoms with Gasteiger partial charge in [-0.05, 0) is 26.2 Å². The molecular formula is C12H24O2. The van der Waals surface area contributed by atoms with E-state index in [1.807, 2.05) is 27.7 Å². The van der Waals surface area contributed by atoms with Crippen molar-refractivity contribution in [1.82, 2.24) is 0 Å². The van der Waals surface area contributed by atoms with Crippen molar-refractivity contribution in [3.8, 4) is 0 Å². The fourth-order valence-corrected chi connectivity index (χ4v) is 1.02. The van der Waals surface area contributed by atoms with E-state index in [2.05, 4.69) is 13.8 Å². The quantitative estimate of drug-likeness (QED) is 0.636. The molecule has 0 amide bonds. The van der Waals surface area contributed by atoms with Crippen molar-refractivity contribution in [2.24, 2.45) is 11.8 Å². The second kappa shape index (κ2) is 5.38. The molecule has 0 bridgehead atoms. The van der Waals surface area contributed by atoms with Crippen molar-refractivity contribution in [1.29, 1.82) is 0 Å². The van der Waals surface area contributed by atoms with Crippen molar-refractivity contribution in [2.45, 2.75) is 60.0 Å². The van der Waals surface area contributed by atoms with E-state index in [1.54, 1.807) is 0 Å². The summed E-state index contributed by atoms with van der Waals surface area (Å²) >= 11 is 0. The minimum absolute atomic E-state index is 0.00539. The SMILES string of the molecule is CCC(C)[C@@H](C)C(=O)OC(C)(C)CC. The molecule has 2 heteroatoms. The zero-order chi connectivity index (χ0) is 11.4. The van der Waals surface area contributed by atoms with Crippen LogP contribution >= 0.6 is 0 Å². The molecule has 0 aromatic heterocycles. The Morgan fingerprint density at radius 3 is 2.14 bits per heavy atom. The summed E-state index contributed by atoms with van der Waals surface area (Å²) in [5.74, 6) is 0.340. The number of carbonyl (C=O) groups excluding carboxylic acids is 1.